The highest BCUT2D eigenvalue weighted by molar-refractivity contribution is 14.0. The second-order valence-electron chi connectivity index (χ2n) is 7.86. The van der Waals surface area contributed by atoms with Crippen LogP contribution in [0.3, 0.4) is 0 Å². The molecule has 1 aliphatic rings. The maximum atomic E-state index is 12.1. The molecule has 2 aromatic rings. The van der Waals surface area contributed by atoms with Crippen molar-refractivity contribution in [1.29, 1.82) is 0 Å². The van der Waals surface area contributed by atoms with Crippen molar-refractivity contribution in [2.24, 2.45) is 10.9 Å². The van der Waals surface area contributed by atoms with Gasteiger partial charge in [-0.3, -0.25) is 9.79 Å². The van der Waals surface area contributed by atoms with Gasteiger partial charge in [-0.25, -0.2) is 0 Å². The fourth-order valence-electron chi connectivity index (χ4n) is 3.13. The molecule has 1 amide bonds. The van der Waals surface area contributed by atoms with Gasteiger partial charge in [-0.05, 0) is 48.9 Å². The number of carbonyl (C=O) groups is 1. The first kappa shape index (κ1) is 25.0. The van der Waals surface area contributed by atoms with E-state index in [1.54, 1.807) is 26.0 Å². The van der Waals surface area contributed by atoms with Crippen LogP contribution in [0.15, 0.2) is 53.5 Å². The van der Waals surface area contributed by atoms with Gasteiger partial charge in [0.05, 0.1) is 6.61 Å². The molecule has 0 heterocycles. The lowest BCUT2D eigenvalue weighted by Gasteiger charge is -2.15. The maximum absolute atomic E-state index is 12.1. The van der Waals surface area contributed by atoms with E-state index < -0.39 is 0 Å². The van der Waals surface area contributed by atoms with E-state index in [0.29, 0.717) is 12.1 Å². The van der Waals surface area contributed by atoms with E-state index in [0.717, 1.165) is 48.3 Å². The highest BCUT2D eigenvalue weighted by Crippen LogP contribution is 2.30. The molecule has 31 heavy (non-hydrogen) atoms. The number of ether oxygens (including phenoxy) is 1. The Labute approximate surface area is 202 Å². The van der Waals surface area contributed by atoms with Gasteiger partial charge in [-0.2, -0.15) is 0 Å². The summed E-state index contributed by atoms with van der Waals surface area (Å²) < 4.78 is 5.98. The van der Waals surface area contributed by atoms with Crippen molar-refractivity contribution in [3.63, 3.8) is 0 Å². The van der Waals surface area contributed by atoms with Gasteiger partial charge in [0.1, 0.15) is 5.75 Å². The van der Waals surface area contributed by atoms with Gasteiger partial charge in [0, 0.05) is 45.4 Å². The van der Waals surface area contributed by atoms with Crippen molar-refractivity contribution in [3.05, 3.63) is 65.2 Å². The number of guanidine groups is 1. The molecule has 0 bridgehead atoms. The standard InChI is InChI=1S/C24H32N4O2.HI/c1-25-24(26-14-13-18-7-6-9-20(15-18)23(29)28(2)3)27-16-21-8-4-5-10-22(21)30-17-19-11-12-19;/h4-10,15,19H,11-14,16-17H2,1-3H3,(H2,25,26,27);1H. The summed E-state index contributed by atoms with van der Waals surface area (Å²) in [6.07, 6.45) is 3.36. The molecule has 0 unspecified atom stereocenters. The van der Waals surface area contributed by atoms with Gasteiger partial charge in [0.15, 0.2) is 5.96 Å². The average Bonchev–Trinajstić information content (AvgIpc) is 3.59. The average molecular weight is 536 g/mol. The first-order chi connectivity index (χ1) is 14.6. The fraction of sp³-hybridized carbons (Fsp3) is 0.417. The minimum Gasteiger partial charge on any atom is -0.493 e. The monoisotopic (exact) mass is 536 g/mol. The highest BCUT2D eigenvalue weighted by atomic mass is 127. The predicted molar refractivity (Wildman–Crippen MR) is 136 cm³/mol. The number of aliphatic imine (C=N–C) groups is 1. The van der Waals surface area contributed by atoms with Crippen LogP contribution in [0.4, 0.5) is 0 Å². The molecule has 0 aliphatic heterocycles. The summed E-state index contributed by atoms with van der Waals surface area (Å²) in [5.74, 6) is 2.43. The molecule has 2 N–H and O–H groups in total. The number of carbonyl (C=O) groups excluding carboxylic acids is 1. The molecule has 6 nitrogen and oxygen atoms in total. The van der Waals surface area contributed by atoms with Crippen LogP contribution in [-0.4, -0.2) is 51.1 Å². The van der Waals surface area contributed by atoms with E-state index in [2.05, 4.69) is 21.7 Å². The molecule has 7 heteroatoms. The van der Waals surface area contributed by atoms with Gasteiger partial charge in [0.25, 0.3) is 5.91 Å². The van der Waals surface area contributed by atoms with Crippen LogP contribution >= 0.6 is 24.0 Å². The predicted octanol–water partition coefficient (Wildman–Crippen LogP) is 3.70. The Bertz CT molecular complexity index is 881. The third-order valence-electron chi connectivity index (χ3n) is 5.10. The Balaban J connectivity index is 0.00000341. The van der Waals surface area contributed by atoms with Gasteiger partial charge < -0.3 is 20.3 Å². The first-order valence-corrected chi connectivity index (χ1v) is 10.5. The van der Waals surface area contributed by atoms with Crippen LogP contribution in [0, 0.1) is 5.92 Å². The molecule has 168 valence electrons. The third-order valence-corrected chi connectivity index (χ3v) is 5.10. The van der Waals surface area contributed by atoms with E-state index in [4.69, 9.17) is 4.74 Å². The lowest BCUT2D eigenvalue weighted by atomic mass is 10.1. The Kier molecular flexibility index (Phi) is 10.1. The lowest BCUT2D eigenvalue weighted by Crippen LogP contribution is -2.38. The third kappa shape index (κ3) is 8.05. The van der Waals surface area contributed by atoms with Crippen LogP contribution in [-0.2, 0) is 13.0 Å². The molecule has 0 radical (unpaired) electrons. The molecule has 3 rings (SSSR count). The van der Waals surface area contributed by atoms with E-state index in [9.17, 15) is 4.79 Å². The largest absolute Gasteiger partial charge is 0.493 e. The van der Waals surface area contributed by atoms with Gasteiger partial charge >= 0.3 is 0 Å². The van der Waals surface area contributed by atoms with Gasteiger partial charge in [0.2, 0.25) is 0 Å². The number of rotatable bonds is 9. The van der Waals surface area contributed by atoms with Gasteiger partial charge in [-0.15, -0.1) is 24.0 Å². The van der Waals surface area contributed by atoms with Crippen molar-refractivity contribution >= 4 is 35.8 Å². The normalized spacial score (nSPS) is 13.2. The van der Waals surface area contributed by atoms with E-state index in [1.807, 2.05) is 42.5 Å². The molecule has 0 spiro atoms. The molecular weight excluding hydrogens is 503 g/mol. The number of para-hydroxylation sites is 1. The zero-order chi connectivity index (χ0) is 21.3. The Morgan fingerprint density at radius 1 is 1.13 bits per heavy atom. The minimum atomic E-state index is 0. The summed E-state index contributed by atoms with van der Waals surface area (Å²) in [5.41, 5.74) is 2.95. The maximum Gasteiger partial charge on any atom is 0.253 e. The van der Waals surface area contributed by atoms with Crippen molar-refractivity contribution < 1.29 is 9.53 Å². The molecule has 1 aliphatic carbocycles. The number of hydrogen-bond donors (Lipinski definition) is 2. The smallest absolute Gasteiger partial charge is 0.253 e. The quantitative estimate of drug-likeness (QED) is 0.292. The molecule has 0 atom stereocenters. The fourth-order valence-corrected chi connectivity index (χ4v) is 3.13. The molecular formula is C24H33IN4O2. The number of nitrogens with zero attached hydrogens (tertiary/aromatic N) is 2. The topological polar surface area (TPSA) is 66.0 Å². The number of benzene rings is 2. The molecule has 0 saturated heterocycles. The molecule has 1 fully saturated rings. The van der Waals surface area contributed by atoms with Crippen molar-refractivity contribution in [2.45, 2.75) is 25.8 Å². The second kappa shape index (κ2) is 12.5. The van der Waals surface area contributed by atoms with Crippen LogP contribution in [0.25, 0.3) is 0 Å². The molecule has 1 saturated carbocycles. The van der Waals surface area contributed by atoms with Crippen molar-refractivity contribution in [3.8, 4) is 5.75 Å². The summed E-state index contributed by atoms with van der Waals surface area (Å²) in [6.45, 7) is 2.17. The molecule has 0 aromatic heterocycles. The Morgan fingerprint density at radius 3 is 2.61 bits per heavy atom. The number of hydrogen-bond acceptors (Lipinski definition) is 3. The van der Waals surface area contributed by atoms with E-state index in [1.165, 1.54) is 12.8 Å². The first-order valence-electron chi connectivity index (χ1n) is 10.5. The number of amides is 1. The van der Waals surface area contributed by atoms with Crippen LogP contribution < -0.4 is 15.4 Å². The SMILES string of the molecule is CN=C(NCCc1cccc(C(=O)N(C)C)c1)NCc1ccccc1OCC1CC1.I. The summed E-state index contributed by atoms with van der Waals surface area (Å²) in [7, 11) is 5.30. The zero-order valence-corrected chi connectivity index (χ0v) is 20.9. The van der Waals surface area contributed by atoms with Crippen LogP contribution in [0.2, 0.25) is 0 Å². The number of halogens is 1. The highest BCUT2D eigenvalue weighted by Gasteiger charge is 2.22. The summed E-state index contributed by atoms with van der Waals surface area (Å²) in [4.78, 5) is 18.0. The van der Waals surface area contributed by atoms with Crippen LogP contribution in [0.1, 0.15) is 34.3 Å². The Morgan fingerprint density at radius 2 is 1.90 bits per heavy atom. The van der Waals surface area contributed by atoms with Crippen LogP contribution in [0.5, 0.6) is 5.75 Å². The summed E-state index contributed by atoms with van der Waals surface area (Å²) >= 11 is 0. The van der Waals surface area contributed by atoms with E-state index >= 15 is 0 Å². The lowest BCUT2D eigenvalue weighted by molar-refractivity contribution is 0.0827. The van der Waals surface area contributed by atoms with Crippen molar-refractivity contribution in [2.75, 3.05) is 34.3 Å². The second-order valence-corrected chi connectivity index (χ2v) is 7.86. The van der Waals surface area contributed by atoms with Crippen molar-refractivity contribution in [1.82, 2.24) is 15.5 Å². The molecule has 2 aromatic carbocycles. The minimum absolute atomic E-state index is 0. The van der Waals surface area contributed by atoms with E-state index in [-0.39, 0.29) is 29.9 Å². The summed E-state index contributed by atoms with van der Waals surface area (Å²) in [5, 5.41) is 6.70. The van der Waals surface area contributed by atoms with Gasteiger partial charge in [-0.1, -0.05) is 30.3 Å². The Hall–Kier alpha value is -2.29. The number of nitrogens with one attached hydrogen (secondary N) is 2. The zero-order valence-electron chi connectivity index (χ0n) is 18.6. The summed E-state index contributed by atoms with van der Waals surface area (Å²) in [6, 6.07) is 15.9.